The van der Waals surface area contributed by atoms with Crippen molar-refractivity contribution in [2.75, 3.05) is 6.54 Å². The van der Waals surface area contributed by atoms with E-state index < -0.39 is 5.54 Å². The Morgan fingerprint density at radius 2 is 1.44 bits per heavy atom. The van der Waals surface area contributed by atoms with Crippen LogP contribution in [0.25, 0.3) is 0 Å². The van der Waals surface area contributed by atoms with Crippen LogP contribution in [0.15, 0.2) is 91.3 Å². The molecule has 2 heterocycles. The summed E-state index contributed by atoms with van der Waals surface area (Å²) in [4.78, 5) is 48.2. The van der Waals surface area contributed by atoms with Gasteiger partial charge in [0.2, 0.25) is 0 Å². The van der Waals surface area contributed by atoms with E-state index in [1.54, 1.807) is 60.9 Å². The SMILES string of the molecule is CC(C)(NC(=O)c1ccccn1)C(CCNCc1ccccn1)c1ccc2c(c1)C(=O)c1ccccc1C2=O. The summed E-state index contributed by atoms with van der Waals surface area (Å²) in [7, 11) is 0. The number of aromatic nitrogens is 2. The third-order valence-corrected chi connectivity index (χ3v) is 7.20. The summed E-state index contributed by atoms with van der Waals surface area (Å²) in [6.45, 7) is 5.21. The van der Waals surface area contributed by atoms with E-state index in [0.29, 0.717) is 47.5 Å². The lowest BCUT2D eigenvalue weighted by molar-refractivity contribution is 0.0892. The molecule has 2 N–H and O–H groups in total. The van der Waals surface area contributed by atoms with Gasteiger partial charge in [-0.1, -0.05) is 48.5 Å². The molecular weight excluding hydrogens is 488 g/mol. The number of benzene rings is 2. The maximum absolute atomic E-state index is 13.4. The highest BCUT2D eigenvalue weighted by Crippen LogP contribution is 2.35. The fourth-order valence-electron chi connectivity index (χ4n) is 5.18. The van der Waals surface area contributed by atoms with Crippen molar-refractivity contribution >= 4 is 17.5 Å². The number of hydrogen-bond donors (Lipinski definition) is 2. The molecule has 1 aliphatic carbocycles. The Hall–Kier alpha value is -4.49. The monoisotopic (exact) mass is 518 g/mol. The summed E-state index contributed by atoms with van der Waals surface area (Å²) in [5.74, 6) is -0.760. The molecule has 5 rings (SSSR count). The minimum Gasteiger partial charge on any atom is -0.345 e. The molecule has 39 heavy (non-hydrogen) atoms. The molecule has 0 saturated carbocycles. The molecule has 1 atom stereocenters. The minimum atomic E-state index is -0.699. The van der Waals surface area contributed by atoms with E-state index in [0.717, 1.165) is 11.3 Å². The zero-order valence-corrected chi connectivity index (χ0v) is 22.0. The van der Waals surface area contributed by atoms with Gasteiger partial charge in [0, 0.05) is 52.6 Å². The number of rotatable bonds is 9. The third kappa shape index (κ3) is 5.54. The van der Waals surface area contributed by atoms with Gasteiger partial charge in [0.25, 0.3) is 5.91 Å². The third-order valence-electron chi connectivity index (χ3n) is 7.20. The fraction of sp³-hybridized carbons (Fsp3) is 0.219. The van der Waals surface area contributed by atoms with Gasteiger partial charge in [-0.3, -0.25) is 24.4 Å². The predicted octanol–water partition coefficient (Wildman–Crippen LogP) is 4.72. The second kappa shape index (κ2) is 11.1. The second-order valence-corrected chi connectivity index (χ2v) is 10.2. The lowest BCUT2D eigenvalue weighted by atomic mass is 9.76. The number of nitrogens with one attached hydrogen (secondary N) is 2. The largest absolute Gasteiger partial charge is 0.345 e. The smallest absolute Gasteiger partial charge is 0.270 e. The molecule has 2 aromatic carbocycles. The van der Waals surface area contributed by atoms with Crippen LogP contribution in [0.1, 0.15) is 79.8 Å². The maximum Gasteiger partial charge on any atom is 0.270 e. The van der Waals surface area contributed by atoms with Crippen LogP contribution in [-0.4, -0.2) is 39.5 Å². The van der Waals surface area contributed by atoms with Crippen LogP contribution in [0.3, 0.4) is 0 Å². The lowest BCUT2D eigenvalue weighted by Gasteiger charge is -2.36. The van der Waals surface area contributed by atoms with E-state index in [2.05, 4.69) is 20.6 Å². The normalized spacial score (nSPS) is 13.4. The summed E-state index contributed by atoms with van der Waals surface area (Å²) in [6, 6.07) is 23.4. The van der Waals surface area contributed by atoms with Gasteiger partial charge in [-0.15, -0.1) is 0 Å². The molecular formula is C32H30N4O3. The first-order valence-electron chi connectivity index (χ1n) is 13.0. The summed E-state index contributed by atoms with van der Waals surface area (Å²) < 4.78 is 0. The van der Waals surface area contributed by atoms with Crippen molar-refractivity contribution in [2.45, 2.75) is 38.3 Å². The van der Waals surface area contributed by atoms with E-state index in [-0.39, 0.29) is 23.4 Å². The Kier molecular flexibility index (Phi) is 7.43. The van der Waals surface area contributed by atoms with Crippen molar-refractivity contribution in [3.05, 3.63) is 130 Å². The van der Waals surface area contributed by atoms with E-state index in [4.69, 9.17) is 0 Å². The Bertz CT molecular complexity index is 1520. The number of carbonyl (C=O) groups is 3. The topological polar surface area (TPSA) is 101 Å². The van der Waals surface area contributed by atoms with Crippen molar-refractivity contribution in [1.82, 2.24) is 20.6 Å². The van der Waals surface area contributed by atoms with Gasteiger partial charge >= 0.3 is 0 Å². The first-order valence-corrected chi connectivity index (χ1v) is 13.0. The number of ketones is 2. The zero-order chi connectivity index (χ0) is 27.4. The van der Waals surface area contributed by atoms with E-state index in [9.17, 15) is 14.4 Å². The van der Waals surface area contributed by atoms with Crippen LogP contribution in [0.2, 0.25) is 0 Å². The minimum absolute atomic E-state index is 0.150. The molecule has 2 aromatic heterocycles. The van der Waals surface area contributed by atoms with Crippen LogP contribution in [0, 0.1) is 0 Å². The summed E-state index contributed by atoms with van der Waals surface area (Å²) in [5.41, 5.74) is 3.10. The first-order chi connectivity index (χ1) is 18.8. The summed E-state index contributed by atoms with van der Waals surface area (Å²) in [6.07, 6.45) is 4.02. The number of carbonyl (C=O) groups excluding carboxylic acids is 3. The summed E-state index contributed by atoms with van der Waals surface area (Å²) >= 11 is 0. The molecule has 1 amide bonds. The zero-order valence-electron chi connectivity index (χ0n) is 22.0. The number of amides is 1. The molecule has 0 fully saturated rings. The van der Waals surface area contributed by atoms with E-state index in [1.807, 2.05) is 44.2 Å². The van der Waals surface area contributed by atoms with Crippen molar-refractivity contribution in [3.63, 3.8) is 0 Å². The summed E-state index contributed by atoms with van der Waals surface area (Å²) in [5, 5.41) is 6.59. The van der Waals surface area contributed by atoms with Gasteiger partial charge in [-0.25, -0.2) is 0 Å². The Morgan fingerprint density at radius 3 is 2.10 bits per heavy atom. The standard InChI is InChI=1S/C32H30N4O3/c1-32(2,36-31(39)28-12-6-8-17-35-28)27(15-18-33-20-22-9-5-7-16-34-22)21-13-14-25-26(19-21)30(38)24-11-4-3-10-23(24)29(25)37/h3-14,16-17,19,27,33H,15,18,20H2,1-2H3,(H,36,39). The average Bonchev–Trinajstić information content (AvgIpc) is 2.96. The van der Waals surface area contributed by atoms with Crippen molar-refractivity contribution in [2.24, 2.45) is 0 Å². The van der Waals surface area contributed by atoms with Crippen molar-refractivity contribution in [1.29, 1.82) is 0 Å². The highest BCUT2D eigenvalue weighted by molar-refractivity contribution is 6.28. The van der Waals surface area contributed by atoms with Crippen LogP contribution < -0.4 is 10.6 Å². The maximum atomic E-state index is 13.4. The molecule has 196 valence electrons. The van der Waals surface area contributed by atoms with Gasteiger partial charge < -0.3 is 10.6 Å². The van der Waals surface area contributed by atoms with Crippen LogP contribution in [0.5, 0.6) is 0 Å². The molecule has 0 spiro atoms. The van der Waals surface area contributed by atoms with Crippen molar-refractivity contribution in [3.8, 4) is 0 Å². The van der Waals surface area contributed by atoms with E-state index >= 15 is 0 Å². The van der Waals surface area contributed by atoms with Crippen molar-refractivity contribution < 1.29 is 14.4 Å². The first kappa shape index (κ1) is 26.1. The number of nitrogens with zero attached hydrogens (tertiary/aromatic N) is 2. The van der Waals surface area contributed by atoms with E-state index in [1.165, 1.54) is 0 Å². The average molecular weight is 519 g/mol. The van der Waals surface area contributed by atoms with Crippen LogP contribution in [-0.2, 0) is 6.54 Å². The predicted molar refractivity (Wildman–Crippen MR) is 149 cm³/mol. The highest BCUT2D eigenvalue weighted by Gasteiger charge is 2.35. The number of hydrogen-bond acceptors (Lipinski definition) is 6. The fourth-order valence-corrected chi connectivity index (χ4v) is 5.18. The molecule has 1 unspecified atom stereocenters. The lowest BCUT2D eigenvalue weighted by Crippen LogP contribution is -2.49. The molecule has 1 aliphatic rings. The van der Waals surface area contributed by atoms with Gasteiger partial charge in [0.05, 0.1) is 5.69 Å². The molecule has 7 nitrogen and oxygen atoms in total. The number of pyridine rings is 2. The van der Waals surface area contributed by atoms with Crippen LogP contribution in [0.4, 0.5) is 0 Å². The Balaban J connectivity index is 1.44. The second-order valence-electron chi connectivity index (χ2n) is 10.2. The molecule has 0 radical (unpaired) electrons. The molecule has 4 aromatic rings. The molecule has 7 heteroatoms. The molecule has 0 aliphatic heterocycles. The van der Waals surface area contributed by atoms with Crippen LogP contribution >= 0.6 is 0 Å². The van der Waals surface area contributed by atoms with Gasteiger partial charge in [0.15, 0.2) is 11.6 Å². The van der Waals surface area contributed by atoms with Gasteiger partial charge in [-0.2, -0.15) is 0 Å². The van der Waals surface area contributed by atoms with Gasteiger partial charge in [-0.05, 0) is 62.7 Å². The Morgan fingerprint density at radius 1 is 0.795 bits per heavy atom. The molecule has 0 bridgehead atoms. The highest BCUT2D eigenvalue weighted by atomic mass is 16.2. The number of fused-ring (bicyclic) bond motifs is 2. The molecule has 0 saturated heterocycles. The van der Waals surface area contributed by atoms with Gasteiger partial charge in [0.1, 0.15) is 5.69 Å². The Labute approximate surface area is 227 Å². The quantitative estimate of drug-likeness (QED) is 0.274.